The second-order valence-electron chi connectivity index (χ2n) is 4.51. The molecule has 0 atom stereocenters. The smallest absolute Gasteiger partial charge is 0.335 e. The van der Waals surface area contributed by atoms with E-state index < -0.39 is 30.0 Å². The molecule has 1 aromatic rings. The molecule has 0 unspecified atom stereocenters. The molecule has 0 saturated heterocycles. The maximum absolute atomic E-state index is 10.6. The molecule has 0 aliphatic rings. The molecule has 24 heavy (non-hydrogen) atoms. The summed E-state index contributed by atoms with van der Waals surface area (Å²) in [4.78, 5) is 41.8. The fraction of sp³-hybridized carbons (Fsp3) is 0.375. The molecule has 0 radical (unpaired) electrons. The molecule has 0 bridgehead atoms. The van der Waals surface area contributed by atoms with Gasteiger partial charge in [-0.3, -0.25) is 14.4 Å². The minimum absolute atomic E-state index is 0.123. The highest BCUT2D eigenvalue weighted by molar-refractivity contribution is 5.87. The van der Waals surface area contributed by atoms with E-state index in [-0.39, 0.29) is 13.2 Å². The molecular formula is C16H20O8. The van der Waals surface area contributed by atoms with Crippen LogP contribution in [0.5, 0.6) is 0 Å². The van der Waals surface area contributed by atoms with Crippen molar-refractivity contribution in [3.8, 4) is 0 Å². The monoisotopic (exact) mass is 340 g/mol. The Morgan fingerprint density at radius 1 is 0.875 bits per heavy atom. The number of aromatic carboxylic acids is 1. The Hall–Kier alpha value is -2.90. The van der Waals surface area contributed by atoms with Gasteiger partial charge in [-0.2, -0.15) is 0 Å². The van der Waals surface area contributed by atoms with Crippen LogP contribution in [0.1, 0.15) is 31.1 Å². The van der Waals surface area contributed by atoms with Crippen LogP contribution >= 0.6 is 0 Å². The normalized spacial score (nSPS) is 9.33. The number of rotatable bonds is 6. The van der Waals surface area contributed by atoms with Gasteiger partial charge in [0.15, 0.2) is 6.10 Å². The molecule has 1 aromatic carbocycles. The number of benzene rings is 1. The number of ether oxygens (including phenoxy) is 3. The van der Waals surface area contributed by atoms with Crippen LogP contribution in [0.4, 0.5) is 0 Å². The molecule has 0 amide bonds. The standard InChI is InChI=1S/C9H14O6.C7H6O2/c1-6(10)13-4-9(15-8(3)12)5-14-7(2)11;8-7(9)6-4-2-1-3-5-6/h9H,4-5H2,1-3H3;1-5H,(H,8,9). The molecule has 0 aromatic heterocycles. The highest BCUT2D eigenvalue weighted by Crippen LogP contribution is 1.97. The van der Waals surface area contributed by atoms with Crippen LogP contribution in [0, 0.1) is 0 Å². The fourth-order valence-electron chi connectivity index (χ4n) is 1.35. The lowest BCUT2D eigenvalue weighted by Gasteiger charge is -2.15. The number of carboxylic acid groups (broad SMARTS) is 1. The van der Waals surface area contributed by atoms with Gasteiger partial charge in [0.2, 0.25) is 0 Å². The van der Waals surface area contributed by atoms with Gasteiger partial charge in [-0.05, 0) is 12.1 Å². The minimum atomic E-state index is -0.879. The second-order valence-corrected chi connectivity index (χ2v) is 4.51. The predicted molar refractivity (Wildman–Crippen MR) is 82.2 cm³/mol. The SMILES string of the molecule is CC(=O)OCC(COC(C)=O)OC(C)=O.O=C(O)c1ccccc1. The summed E-state index contributed by atoms with van der Waals surface area (Å²) in [5, 5.41) is 8.38. The minimum Gasteiger partial charge on any atom is -0.478 e. The van der Waals surface area contributed by atoms with Crippen LogP contribution in [0.3, 0.4) is 0 Å². The number of carbonyl (C=O) groups excluding carboxylic acids is 3. The van der Waals surface area contributed by atoms with Crippen LogP contribution in [-0.4, -0.2) is 48.3 Å². The van der Waals surface area contributed by atoms with E-state index in [1.165, 1.54) is 20.8 Å². The third kappa shape index (κ3) is 11.7. The maximum atomic E-state index is 10.6. The van der Waals surface area contributed by atoms with Crippen LogP contribution in [0.15, 0.2) is 30.3 Å². The molecule has 0 fully saturated rings. The van der Waals surface area contributed by atoms with E-state index in [2.05, 4.69) is 9.47 Å². The highest BCUT2D eigenvalue weighted by Gasteiger charge is 2.15. The first-order valence-electron chi connectivity index (χ1n) is 6.94. The summed E-state index contributed by atoms with van der Waals surface area (Å²) in [6.45, 7) is 3.44. The summed E-state index contributed by atoms with van der Waals surface area (Å²) in [7, 11) is 0. The zero-order valence-corrected chi connectivity index (χ0v) is 13.7. The largest absolute Gasteiger partial charge is 0.478 e. The molecule has 0 heterocycles. The van der Waals surface area contributed by atoms with Crippen molar-refractivity contribution in [1.82, 2.24) is 0 Å². The van der Waals surface area contributed by atoms with Crippen molar-refractivity contribution >= 4 is 23.9 Å². The molecule has 8 heteroatoms. The Labute approximate surface area is 139 Å². The first-order chi connectivity index (χ1) is 11.2. The third-order valence-electron chi connectivity index (χ3n) is 2.30. The van der Waals surface area contributed by atoms with Gasteiger partial charge in [-0.1, -0.05) is 18.2 Å². The van der Waals surface area contributed by atoms with Crippen molar-refractivity contribution in [1.29, 1.82) is 0 Å². The van der Waals surface area contributed by atoms with E-state index in [0.717, 1.165) is 0 Å². The number of carbonyl (C=O) groups is 4. The van der Waals surface area contributed by atoms with Crippen LogP contribution in [-0.2, 0) is 28.6 Å². The highest BCUT2D eigenvalue weighted by atomic mass is 16.6. The lowest BCUT2D eigenvalue weighted by Crippen LogP contribution is -2.29. The average Bonchev–Trinajstić information content (AvgIpc) is 2.51. The molecular weight excluding hydrogens is 320 g/mol. The van der Waals surface area contributed by atoms with Gasteiger partial charge in [0, 0.05) is 20.8 Å². The Bertz CT molecular complexity index is 534. The Balaban J connectivity index is 0.000000496. The van der Waals surface area contributed by atoms with E-state index in [1.54, 1.807) is 30.3 Å². The molecule has 1 rings (SSSR count). The first-order valence-corrected chi connectivity index (χ1v) is 6.94. The zero-order valence-electron chi connectivity index (χ0n) is 13.7. The van der Waals surface area contributed by atoms with Crippen LogP contribution in [0.25, 0.3) is 0 Å². The number of carboxylic acids is 1. The topological polar surface area (TPSA) is 116 Å². The summed E-state index contributed by atoms with van der Waals surface area (Å²) < 4.78 is 14.0. The van der Waals surface area contributed by atoms with E-state index in [9.17, 15) is 19.2 Å². The van der Waals surface area contributed by atoms with Gasteiger partial charge in [0.1, 0.15) is 13.2 Å². The summed E-state index contributed by atoms with van der Waals surface area (Å²) in [5.74, 6) is -2.39. The van der Waals surface area contributed by atoms with Gasteiger partial charge in [0.25, 0.3) is 0 Å². The van der Waals surface area contributed by atoms with Gasteiger partial charge in [-0.25, -0.2) is 4.79 Å². The van der Waals surface area contributed by atoms with Crippen molar-refractivity contribution in [3.63, 3.8) is 0 Å². The quantitative estimate of drug-likeness (QED) is 0.610. The summed E-state index contributed by atoms with van der Waals surface area (Å²) in [6.07, 6.45) is -0.754. The van der Waals surface area contributed by atoms with E-state index in [4.69, 9.17) is 9.84 Å². The predicted octanol–water partition coefficient (Wildman–Crippen LogP) is 1.43. The van der Waals surface area contributed by atoms with Gasteiger partial charge >= 0.3 is 23.9 Å². The van der Waals surface area contributed by atoms with E-state index in [0.29, 0.717) is 5.56 Å². The molecule has 0 aliphatic carbocycles. The summed E-state index contributed by atoms with van der Waals surface area (Å²) in [5.41, 5.74) is 0.331. The van der Waals surface area contributed by atoms with E-state index >= 15 is 0 Å². The number of esters is 3. The molecule has 0 aliphatic heterocycles. The van der Waals surface area contributed by atoms with Gasteiger partial charge < -0.3 is 19.3 Å². The van der Waals surface area contributed by atoms with Crippen molar-refractivity contribution in [2.24, 2.45) is 0 Å². The number of hydrogen-bond donors (Lipinski definition) is 1. The maximum Gasteiger partial charge on any atom is 0.335 e. The van der Waals surface area contributed by atoms with Crippen LogP contribution in [0.2, 0.25) is 0 Å². The Kier molecular flexibility index (Phi) is 10.2. The summed E-state index contributed by atoms with van der Waals surface area (Å²) in [6, 6.07) is 8.30. The number of hydrogen-bond acceptors (Lipinski definition) is 7. The van der Waals surface area contributed by atoms with E-state index in [1.807, 2.05) is 0 Å². The Morgan fingerprint density at radius 2 is 1.33 bits per heavy atom. The van der Waals surface area contributed by atoms with Crippen molar-refractivity contribution in [2.75, 3.05) is 13.2 Å². The Morgan fingerprint density at radius 3 is 1.62 bits per heavy atom. The fourth-order valence-corrected chi connectivity index (χ4v) is 1.35. The molecule has 8 nitrogen and oxygen atoms in total. The summed E-state index contributed by atoms with van der Waals surface area (Å²) >= 11 is 0. The molecule has 132 valence electrons. The molecule has 1 N–H and O–H groups in total. The van der Waals surface area contributed by atoms with Gasteiger partial charge in [-0.15, -0.1) is 0 Å². The first kappa shape index (κ1) is 21.1. The lowest BCUT2D eigenvalue weighted by atomic mass is 10.2. The third-order valence-corrected chi connectivity index (χ3v) is 2.30. The molecule has 0 spiro atoms. The zero-order chi connectivity index (χ0) is 18.5. The molecule has 0 saturated carbocycles. The van der Waals surface area contributed by atoms with Crippen LogP contribution < -0.4 is 0 Å². The average molecular weight is 340 g/mol. The van der Waals surface area contributed by atoms with Crippen molar-refractivity contribution in [2.45, 2.75) is 26.9 Å². The second kappa shape index (κ2) is 11.6. The van der Waals surface area contributed by atoms with Crippen molar-refractivity contribution < 1.29 is 38.5 Å². The lowest BCUT2D eigenvalue weighted by molar-refractivity contribution is -0.163. The van der Waals surface area contributed by atoms with Gasteiger partial charge in [0.05, 0.1) is 5.56 Å². The van der Waals surface area contributed by atoms with Crippen molar-refractivity contribution in [3.05, 3.63) is 35.9 Å².